The molecule has 3 rings (SSSR count). The zero-order valence-electron chi connectivity index (χ0n) is 12.6. The lowest BCUT2D eigenvalue weighted by Gasteiger charge is -2.31. The summed E-state index contributed by atoms with van der Waals surface area (Å²) in [6.45, 7) is 3.42. The largest absolute Gasteiger partial charge is 0.485 e. The SMILES string of the molecule is CC1=C(CCCl)CN2C=CC=C(OCc3ccccc3)C2=N1. The Morgan fingerprint density at radius 2 is 2.09 bits per heavy atom. The molecule has 2 heterocycles. The molecule has 0 fully saturated rings. The summed E-state index contributed by atoms with van der Waals surface area (Å²) >= 11 is 5.87. The van der Waals surface area contributed by atoms with Crippen LogP contribution in [0.1, 0.15) is 18.9 Å². The highest BCUT2D eigenvalue weighted by Crippen LogP contribution is 2.25. The number of hydrogen-bond acceptors (Lipinski definition) is 3. The van der Waals surface area contributed by atoms with Gasteiger partial charge < -0.3 is 9.64 Å². The summed E-state index contributed by atoms with van der Waals surface area (Å²) in [7, 11) is 0. The van der Waals surface area contributed by atoms with Crippen LogP contribution in [0.3, 0.4) is 0 Å². The molecule has 0 N–H and O–H groups in total. The Kier molecular flexibility index (Phi) is 4.64. The van der Waals surface area contributed by atoms with Gasteiger partial charge >= 0.3 is 0 Å². The van der Waals surface area contributed by atoms with Crippen LogP contribution in [0.25, 0.3) is 0 Å². The van der Waals surface area contributed by atoms with Gasteiger partial charge in [0, 0.05) is 24.3 Å². The van der Waals surface area contributed by atoms with Gasteiger partial charge in [0.25, 0.3) is 0 Å². The highest BCUT2D eigenvalue weighted by atomic mass is 35.5. The monoisotopic (exact) mass is 314 g/mol. The van der Waals surface area contributed by atoms with Crippen LogP contribution in [-0.4, -0.2) is 23.2 Å². The lowest BCUT2D eigenvalue weighted by Crippen LogP contribution is -2.34. The number of benzene rings is 1. The van der Waals surface area contributed by atoms with E-state index in [0.717, 1.165) is 35.8 Å². The first-order valence-electron chi connectivity index (χ1n) is 7.43. The summed E-state index contributed by atoms with van der Waals surface area (Å²) in [5.41, 5.74) is 3.49. The number of halogens is 1. The van der Waals surface area contributed by atoms with Crippen molar-refractivity contribution in [3.63, 3.8) is 0 Å². The predicted molar refractivity (Wildman–Crippen MR) is 90.6 cm³/mol. The van der Waals surface area contributed by atoms with Crippen LogP contribution in [0, 0.1) is 0 Å². The highest BCUT2D eigenvalue weighted by Gasteiger charge is 2.24. The normalized spacial score (nSPS) is 17.1. The molecule has 22 heavy (non-hydrogen) atoms. The van der Waals surface area contributed by atoms with E-state index in [-0.39, 0.29) is 0 Å². The minimum absolute atomic E-state index is 0.546. The Morgan fingerprint density at radius 3 is 2.86 bits per heavy atom. The van der Waals surface area contributed by atoms with Gasteiger partial charge in [0.05, 0.1) is 0 Å². The zero-order chi connectivity index (χ0) is 15.4. The Morgan fingerprint density at radius 1 is 1.27 bits per heavy atom. The van der Waals surface area contributed by atoms with Crippen LogP contribution in [0.15, 0.2) is 70.7 Å². The zero-order valence-corrected chi connectivity index (χ0v) is 13.4. The second-order valence-electron chi connectivity index (χ2n) is 5.34. The van der Waals surface area contributed by atoms with E-state index >= 15 is 0 Å². The molecule has 0 unspecified atom stereocenters. The fourth-order valence-electron chi connectivity index (χ4n) is 2.55. The van der Waals surface area contributed by atoms with Crippen molar-refractivity contribution in [2.45, 2.75) is 20.0 Å². The van der Waals surface area contributed by atoms with Gasteiger partial charge in [-0.1, -0.05) is 30.3 Å². The number of amidine groups is 1. The smallest absolute Gasteiger partial charge is 0.175 e. The van der Waals surface area contributed by atoms with Gasteiger partial charge in [0.15, 0.2) is 11.6 Å². The van der Waals surface area contributed by atoms with E-state index in [2.05, 4.69) is 17.0 Å². The van der Waals surface area contributed by atoms with Crippen molar-refractivity contribution in [1.82, 2.24) is 4.90 Å². The second kappa shape index (κ2) is 6.84. The molecule has 114 valence electrons. The van der Waals surface area contributed by atoms with Gasteiger partial charge in [0.1, 0.15) is 6.61 Å². The minimum Gasteiger partial charge on any atom is -0.485 e. The molecule has 4 heteroatoms. The van der Waals surface area contributed by atoms with E-state index in [1.807, 2.05) is 43.5 Å². The fraction of sp³-hybridized carbons (Fsp3) is 0.278. The van der Waals surface area contributed by atoms with E-state index in [0.29, 0.717) is 12.5 Å². The maximum atomic E-state index is 5.97. The second-order valence-corrected chi connectivity index (χ2v) is 5.72. The van der Waals surface area contributed by atoms with E-state index in [4.69, 9.17) is 21.3 Å². The number of nitrogens with zero attached hydrogens (tertiary/aromatic N) is 2. The van der Waals surface area contributed by atoms with Crippen molar-refractivity contribution in [1.29, 1.82) is 0 Å². The van der Waals surface area contributed by atoms with Gasteiger partial charge in [0.2, 0.25) is 0 Å². The van der Waals surface area contributed by atoms with Gasteiger partial charge in [-0.15, -0.1) is 11.6 Å². The Balaban J connectivity index is 1.76. The molecule has 0 saturated heterocycles. The number of alkyl halides is 1. The lowest BCUT2D eigenvalue weighted by molar-refractivity contribution is 0.211. The Bertz CT molecular complexity index is 659. The molecule has 0 saturated carbocycles. The number of hydrogen-bond donors (Lipinski definition) is 0. The summed E-state index contributed by atoms with van der Waals surface area (Å²) in [6.07, 6.45) is 6.88. The molecule has 1 aromatic rings. The van der Waals surface area contributed by atoms with E-state index in [9.17, 15) is 0 Å². The average molecular weight is 315 g/mol. The first-order valence-corrected chi connectivity index (χ1v) is 7.97. The van der Waals surface area contributed by atoms with Crippen molar-refractivity contribution in [2.75, 3.05) is 12.4 Å². The number of aliphatic imine (C=N–C) groups is 1. The van der Waals surface area contributed by atoms with Crippen molar-refractivity contribution in [3.8, 4) is 0 Å². The molecular weight excluding hydrogens is 296 g/mol. The van der Waals surface area contributed by atoms with Gasteiger partial charge in [-0.05, 0) is 36.6 Å². The molecule has 0 spiro atoms. The molecule has 2 aliphatic heterocycles. The molecule has 0 radical (unpaired) electrons. The maximum Gasteiger partial charge on any atom is 0.175 e. The van der Waals surface area contributed by atoms with E-state index in [1.165, 1.54) is 5.57 Å². The molecule has 0 atom stereocenters. The molecule has 0 amide bonds. The maximum absolute atomic E-state index is 5.97. The van der Waals surface area contributed by atoms with Gasteiger partial charge in [-0.25, -0.2) is 4.99 Å². The quantitative estimate of drug-likeness (QED) is 0.760. The van der Waals surface area contributed by atoms with E-state index < -0.39 is 0 Å². The topological polar surface area (TPSA) is 24.8 Å². The number of fused-ring (bicyclic) bond motifs is 1. The molecule has 3 nitrogen and oxygen atoms in total. The third kappa shape index (κ3) is 3.25. The first kappa shape index (κ1) is 14.9. The molecule has 1 aromatic carbocycles. The summed E-state index contributed by atoms with van der Waals surface area (Å²) in [5.74, 6) is 2.33. The van der Waals surface area contributed by atoms with Crippen LogP contribution < -0.4 is 0 Å². The standard InChI is InChI=1S/C18H19ClN2O/c1-14-16(9-10-19)12-21-11-5-8-17(18(21)20-14)22-13-15-6-3-2-4-7-15/h2-8,11H,9-10,12-13H2,1H3. The predicted octanol–water partition coefficient (Wildman–Crippen LogP) is 4.23. The summed E-state index contributed by atoms with van der Waals surface area (Å²) in [4.78, 5) is 6.84. The van der Waals surface area contributed by atoms with Crippen molar-refractivity contribution < 1.29 is 4.74 Å². The molecular formula is C18H19ClN2O. The van der Waals surface area contributed by atoms with Gasteiger partial charge in [-0.3, -0.25) is 0 Å². The van der Waals surface area contributed by atoms with Gasteiger partial charge in [-0.2, -0.15) is 0 Å². The third-order valence-corrected chi connectivity index (χ3v) is 3.97. The van der Waals surface area contributed by atoms with Crippen molar-refractivity contribution >= 4 is 17.4 Å². The Hall–Kier alpha value is -2.00. The van der Waals surface area contributed by atoms with Crippen LogP contribution in [0.4, 0.5) is 0 Å². The summed E-state index contributed by atoms with van der Waals surface area (Å²) in [5, 5.41) is 0. The Labute approximate surface area is 136 Å². The summed E-state index contributed by atoms with van der Waals surface area (Å²) in [6, 6.07) is 10.2. The number of ether oxygens (including phenoxy) is 1. The molecule has 0 aromatic heterocycles. The van der Waals surface area contributed by atoms with Crippen LogP contribution in [0.2, 0.25) is 0 Å². The lowest BCUT2D eigenvalue weighted by atomic mass is 10.1. The van der Waals surface area contributed by atoms with Crippen LogP contribution in [0.5, 0.6) is 0 Å². The van der Waals surface area contributed by atoms with E-state index in [1.54, 1.807) is 0 Å². The fourth-order valence-corrected chi connectivity index (χ4v) is 2.78. The molecule has 0 aliphatic carbocycles. The summed E-state index contributed by atoms with van der Waals surface area (Å²) < 4.78 is 5.97. The first-order chi connectivity index (χ1) is 10.8. The molecule has 2 aliphatic rings. The highest BCUT2D eigenvalue weighted by molar-refractivity contribution is 6.18. The third-order valence-electron chi connectivity index (χ3n) is 3.79. The van der Waals surface area contributed by atoms with Crippen molar-refractivity contribution in [3.05, 3.63) is 71.3 Å². The van der Waals surface area contributed by atoms with Crippen molar-refractivity contribution in [2.24, 2.45) is 4.99 Å². The average Bonchev–Trinajstić information content (AvgIpc) is 2.55. The van der Waals surface area contributed by atoms with Crippen LogP contribution >= 0.6 is 11.6 Å². The number of allylic oxidation sites excluding steroid dienone is 3. The number of rotatable bonds is 5. The van der Waals surface area contributed by atoms with Crippen LogP contribution in [-0.2, 0) is 11.3 Å². The molecule has 0 bridgehead atoms. The minimum atomic E-state index is 0.546.